The number of methoxy groups -OCH3 is 1. The van der Waals surface area contributed by atoms with Crippen LogP contribution in [0.15, 0.2) is 27.2 Å². The van der Waals surface area contributed by atoms with Crippen LogP contribution in [0, 0.1) is 6.92 Å². The number of carbonyl (C=O) groups is 1. The Morgan fingerprint density at radius 3 is 2.72 bits per heavy atom. The first-order chi connectivity index (χ1) is 8.52. The van der Waals surface area contributed by atoms with E-state index in [1.807, 2.05) is 13.0 Å². The SMILES string of the molecule is COc1cc(C)c(Br)c(-c2cc(C(=O)O)no2)c1. The van der Waals surface area contributed by atoms with Gasteiger partial charge >= 0.3 is 5.97 Å². The smallest absolute Gasteiger partial charge is 0.358 e. The van der Waals surface area contributed by atoms with E-state index in [9.17, 15) is 4.79 Å². The highest BCUT2D eigenvalue weighted by Gasteiger charge is 2.16. The van der Waals surface area contributed by atoms with Crippen LogP contribution in [-0.2, 0) is 0 Å². The van der Waals surface area contributed by atoms with Crippen molar-refractivity contribution < 1.29 is 19.2 Å². The molecule has 0 bridgehead atoms. The number of ether oxygens (including phenoxy) is 1. The monoisotopic (exact) mass is 311 g/mol. The second-order valence-corrected chi connectivity index (χ2v) is 4.48. The van der Waals surface area contributed by atoms with Crippen molar-refractivity contribution in [3.8, 4) is 17.1 Å². The van der Waals surface area contributed by atoms with E-state index in [1.54, 1.807) is 13.2 Å². The maximum atomic E-state index is 10.8. The highest BCUT2D eigenvalue weighted by Crippen LogP contribution is 2.34. The van der Waals surface area contributed by atoms with E-state index in [2.05, 4.69) is 21.1 Å². The van der Waals surface area contributed by atoms with Crippen molar-refractivity contribution in [2.24, 2.45) is 0 Å². The number of aryl methyl sites for hydroxylation is 1. The zero-order valence-electron chi connectivity index (χ0n) is 9.73. The Hall–Kier alpha value is -1.82. The third kappa shape index (κ3) is 2.24. The number of aromatic carboxylic acids is 1. The molecule has 1 heterocycles. The van der Waals surface area contributed by atoms with E-state index in [4.69, 9.17) is 14.4 Å². The number of hydrogen-bond acceptors (Lipinski definition) is 4. The summed E-state index contributed by atoms with van der Waals surface area (Å²) in [6.07, 6.45) is 0. The summed E-state index contributed by atoms with van der Waals surface area (Å²) in [4.78, 5) is 10.8. The molecule has 0 spiro atoms. The number of aromatic nitrogens is 1. The van der Waals surface area contributed by atoms with Crippen molar-refractivity contribution in [1.29, 1.82) is 0 Å². The van der Waals surface area contributed by atoms with E-state index >= 15 is 0 Å². The molecule has 6 heteroatoms. The van der Waals surface area contributed by atoms with Gasteiger partial charge in [0.1, 0.15) is 5.75 Å². The van der Waals surface area contributed by atoms with Crippen LogP contribution in [0.4, 0.5) is 0 Å². The lowest BCUT2D eigenvalue weighted by Crippen LogP contribution is -1.94. The number of nitrogens with zero attached hydrogens (tertiary/aromatic N) is 1. The first-order valence-corrected chi connectivity index (χ1v) is 5.86. The quantitative estimate of drug-likeness (QED) is 0.942. The summed E-state index contributed by atoms with van der Waals surface area (Å²) in [6.45, 7) is 1.91. The van der Waals surface area contributed by atoms with Crippen LogP contribution in [0.25, 0.3) is 11.3 Å². The molecule has 18 heavy (non-hydrogen) atoms. The van der Waals surface area contributed by atoms with Crippen molar-refractivity contribution in [3.05, 3.63) is 33.9 Å². The van der Waals surface area contributed by atoms with Gasteiger partial charge in [-0.25, -0.2) is 4.79 Å². The van der Waals surface area contributed by atoms with Gasteiger partial charge in [0, 0.05) is 16.1 Å². The fourth-order valence-corrected chi connectivity index (χ4v) is 1.96. The first-order valence-electron chi connectivity index (χ1n) is 5.07. The Morgan fingerprint density at radius 2 is 2.17 bits per heavy atom. The van der Waals surface area contributed by atoms with E-state index in [1.165, 1.54) is 6.07 Å². The molecular weight excluding hydrogens is 302 g/mol. The van der Waals surface area contributed by atoms with Gasteiger partial charge in [0.2, 0.25) is 0 Å². The average Bonchev–Trinajstić information content (AvgIpc) is 2.82. The Morgan fingerprint density at radius 1 is 1.44 bits per heavy atom. The highest BCUT2D eigenvalue weighted by atomic mass is 79.9. The van der Waals surface area contributed by atoms with Crippen molar-refractivity contribution in [2.45, 2.75) is 6.92 Å². The predicted molar refractivity (Wildman–Crippen MR) is 67.9 cm³/mol. The van der Waals surface area contributed by atoms with E-state index in [0.717, 1.165) is 10.0 Å². The van der Waals surface area contributed by atoms with E-state index < -0.39 is 5.97 Å². The molecule has 0 unspecified atom stereocenters. The molecule has 5 nitrogen and oxygen atoms in total. The fraction of sp³-hybridized carbons (Fsp3) is 0.167. The third-order valence-electron chi connectivity index (χ3n) is 2.46. The standard InChI is InChI=1S/C12H10BrNO4/c1-6-3-7(17-2)4-8(11(6)13)10-5-9(12(15)16)14-18-10/h3-5H,1-2H3,(H,15,16). The maximum Gasteiger partial charge on any atom is 0.358 e. The summed E-state index contributed by atoms with van der Waals surface area (Å²) in [6, 6.07) is 4.99. The van der Waals surface area contributed by atoms with Gasteiger partial charge in [0.15, 0.2) is 11.5 Å². The molecule has 2 aromatic rings. The van der Waals surface area contributed by atoms with Gasteiger partial charge in [-0.3, -0.25) is 0 Å². The van der Waals surface area contributed by atoms with Crippen molar-refractivity contribution in [3.63, 3.8) is 0 Å². The topological polar surface area (TPSA) is 72.6 Å². The van der Waals surface area contributed by atoms with Crippen LogP contribution in [0.3, 0.4) is 0 Å². The number of rotatable bonds is 3. The van der Waals surface area contributed by atoms with Crippen molar-refractivity contribution >= 4 is 21.9 Å². The van der Waals surface area contributed by atoms with Gasteiger partial charge in [-0.15, -0.1) is 0 Å². The van der Waals surface area contributed by atoms with Gasteiger partial charge in [-0.05, 0) is 40.5 Å². The summed E-state index contributed by atoms with van der Waals surface area (Å²) in [7, 11) is 1.57. The largest absolute Gasteiger partial charge is 0.497 e. The minimum absolute atomic E-state index is 0.127. The molecule has 1 aromatic heterocycles. The highest BCUT2D eigenvalue weighted by molar-refractivity contribution is 9.10. The van der Waals surface area contributed by atoms with Crippen molar-refractivity contribution in [1.82, 2.24) is 5.16 Å². The number of hydrogen-bond donors (Lipinski definition) is 1. The Labute approximate surface area is 111 Å². The second kappa shape index (κ2) is 4.81. The molecule has 0 aliphatic rings. The summed E-state index contributed by atoms with van der Waals surface area (Å²) < 4.78 is 11.0. The van der Waals surface area contributed by atoms with Gasteiger partial charge in [-0.1, -0.05) is 5.16 Å². The molecule has 0 radical (unpaired) electrons. The van der Waals surface area contributed by atoms with Gasteiger partial charge in [0.05, 0.1) is 7.11 Å². The molecule has 2 rings (SSSR count). The molecule has 1 N–H and O–H groups in total. The molecule has 94 valence electrons. The molecule has 0 aliphatic heterocycles. The zero-order valence-corrected chi connectivity index (χ0v) is 11.3. The summed E-state index contributed by atoms with van der Waals surface area (Å²) in [5.74, 6) is -0.0824. The molecule has 0 aliphatic carbocycles. The van der Waals surface area contributed by atoms with E-state index in [0.29, 0.717) is 17.1 Å². The third-order valence-corrected chi connectivity index (χ3v) is 3.51. The number of carboxylic acid groups (broad SMARTS) is 1. The lowest BCUT2D eigenvalue weighted by atomic mass is 10.1. The minimum Gasteiger partial charge on any atom is -0.497 e. The van der Waals surface area contributed by atoms with Crippen LogP contribution in [0.1, 0.15) is 16.1 Å². The summed E-state index contributed by atoms with van der Waals surface area (Å²) in [5.41, 5.74) is 1.53. The molecular formula is C12H10BrNO4. The van der Waals surface area contributed by atoms with Crippen LogP contribution in [0.5, 0.6) is 5.75 Å². The van der Waals surface area contributed by atoms with Crippen LogP contribution in [-0.4, -0.2) is 23.3 Å². The molecule has 0 atom stereocenters. The van der Waals surface area contributed by atoms with Gasteiger partial charge in [-0.2, -0.15) is 0 Å². The summed E-state index contributed by atoms with van der Waals surface area (Å²) >= 11 is 3.44. The lowest BCUT2D eigenvalue weighted by molar-refractivity contribution is 0.0686. The fourth-order valence-electron chi connectivity index (χ4n) is 1.54. The zero-order chi connectivity index (χ0) is 13.3. The number of carboxylic acids is 1. The minimum atomic E-state index is -1.12. The number of halogens is 1. The average molecular weight is 312 g/mol. The van der Waals surface area contributed by atoms with Crippen LogP contribution < -0.4 is 4.74 Å². The Bertz CT molecular complexity index is 606. The number of benzene rings is 1. The van der Waals surface area contributed by atoms with Crippen LogP contribution >= 0.6 is 15.9 Å². The lowest BCUT2D eigenvalue weighted by Gasteiger charge is -2.07. The van der Waals surface area contributed by atoms with Crippen LogP contribution in [0.2, 0.25) is 0 Å². The molecule has 0 amide bonds. The summed E-state index contributed by atoms with van der Waals surface area (Å²) in [5, 5.41) is 12.3. The van der Waals surface area contributed by atoms with Crippen molar-refractivity contribution in [2.75, 3.05) is 7.11 Å². The van der Waals surface area contributed by atoms with Gasteiger partial charge in [0.25, 0.3) is 0 Å². The van der Waals surface area contributed by atoms with Gasteiger partial charge < -0.3 is 14.4 Å². The maximum absolute atomic E-state index is 10.8. The van der Waals surface area contributed by atoms with E-state index in [-0.39, 0.29) is 5.69 Å². The Kier molecular flexibility index (Phi) is 3.38. The first kappa shape index (κ1) is 12.6. The molecule has 0 fully saturated rings. The molecule has 1 aromatic carbocycles. The Balaban J connectivity index is 2.55. The molecule has 0 saturated carbocycles. The normalized spacial score (nSPS) is 10.4. The second-order valence-electron chi connectivity index (χ2n) is 3.69. The molecule has 0 saturated heterocycles. The predicted octanol–water partition coefficient (Wildman–Crippen LogP) is 3.12.